The highest BCUT2D eigenvalue weighted by Crippen LogP contribution is 2.32. The first-order chi connectivity index (χ1) is 9.02. The molecule has 0 radical (unpaired) electrons. The van der Waals surface area contributed by atoms with Gasteiger partial charge in [0.05, 0.1) is 18.5 Å². The maximum atomic E-state index is 14.0. The number of methoxy groups -OCH3 is 1. The number of ether oxygens (including phenoxy) is 1. The molecule has 4 nitrogen and oxygen atoms in total. The first kappa shape index (κ1) is 13.9. The molecule has 0 bridgehead atoms. The van der Waals surface area contributed by atoms with E-state index in [9.17, 15) is 4.39 Å². The Morgan fingerprint density at radius 2 is 1.95 bits per heavy atom. The summed E-state index contributed by atoms with van der Waals surface area (Å²) in [6.45, 7) is 1.71. The number of hydrogen-bond acceptors (Lipinski definition) is 4. The van der Waals surface area contributed by atoms with Crippen molar-refractivity contribution < 1.29 is 9.13 Å². The Morgan fingerprint density at radius 3 is 2.47 bits per heavy atom. The second kappa shape index (κ2) is 5.65. The smallest absolute Gasteiger partial charge is 0.148 e. The predicted octanol–water partition coefficient (Wildman–Crippen LogP) is 1.95. The van der Waals surface area contributed by atoms with E-state index >= 15 is 0 Å². The van der Waals surface area contributed by atoms with Crippen molar-refractivity contribution in [3.8, 4) is 5.75 Å². The standard InChI is InChI=1S/C14H22FN3O/c1-17(2)10-4-6-18(7-5-10)13-9-14(19-3)12(16)8-11(13)15/h8-10H,4-7,16H2,1-3H3. The van der Waals surface area contributed by atoms with Crippen molar-refractivity contribution in [3.05, 3.63) is 17.9 Å². The fourth-order valence-electron chi connectivity index (χ4n) is 2.60. The average molecular weight is 267 g/mol. The molecule has 0 amide bonds. The summed E-state index contributed by atoms with van der Waals surface area (Å²) in [5, 5.41) is 0. The normalized spacial score (nSPS) is 17.0. The van der Waals surface area contributed by atoms with Gasteiger partial charge in [0.15, 0.2) is 0 Å². The van der Waals surface area contributed by atoms with Crippen LogP contribution in [0.4, 0.5) is 15.8 Å². The number of nitrogens with zero attached hydrogens (tertiary/aromatic N) is 2. The zero-order valence-electron chi connectivity index (χ0n) is 11.8. The Kier molecular flexibility index (Phi) is 4.14. The van der Waals surface area contributed by atoms with E-state index in [1.54, 1.807) is 13.2 Å². The maximum Gasteiger partial charge on any atom is 0.148 e. The highest BCUT2D eigenvalue weighted by molar-refractivity contribution is 5.63. The molecule has 0 atom stereocenters. The lowest BCUT2D eigenvalue weighted by molar-refractivity contribution is 0.249. The first-order valence-electron chi connectivity index (χ1n) is 6.57. The summed E-state index contributed by atoms with van der Waals surface area (Å²) in [4.78, 5) is 4.30. The van der Waals surface area contributed by atoms with Gasteiger partial charge in [0.2, 0.25) is 0 Å². The molecule has 1 aromatic rings. The van der Waals surface area contributed by atoms with E-state index in [1.807, 2.05) is 0 Å². The highest BCUT2D eigenvalue weighted by atomic mass is 19.1. The fraction of sp³-hybridized carbons (Fsp3) is 0.571. The van der Waals surface area contributed by atoms with E-state index in [0.717, 1.165) is 25.9 Å². The summed E-state index contributed by atoms with van der Waals surface area (Å²) < 4.78 is 19.2. The van der Waals surface area contributed by atoms with Gasteiger partial charge in [-0.15, -0.1) is 0 Å². The summed E-state index contributed by atoms with van der Waals surface area (Å²) in [7, 11) is 5.73. The zero-order valence-corrected chi connectivity index (χ0v) is 11.8. The van der Waals surface area contributed by atoms with Crippen LogP contribution in [0.2, 0.25) is 0 Å². The summed E-state index contributed by atoms with van der Waals surface area (Å²) in [5.41, 5.74) is 6.63. The molecule has 1 saturated heterocycles. The Bertz CT molecular complexity index is 443. The quantitative estimate of drug-likeness (QED) is 0.850. The Hall–Kier alpha value is -1.49. The lowest BCUT2D eigenvalue weighted by Crippen LogP contribution is -2.42. The van der Waals surface area contributed by atoms with Gasteiger partial charge in [0.25, 0.3) is 0 Å². The van der Waals surface area contributed by atoms with Gasteiger partial charge in [-0.3, -0.25) is 0 Å². The van der Waals surface area contributed by atoms with Gasteiger partial charge >= 0.3 is 0 Å². The van der Waals surface area contributed by atoms with Crippen molar-refractivity contribution in [1.82, 2.24) is 4.90 Å². The van der Waals surface area contributed by atoms with Gasteiger partial charge in [-0.05, 0) is 26.9 Å². The molecule has 19 heavy (non-hydrogen) atoms. The lowest BCUT2D eigenvalue weighted by atomic mass is 10.0. The zero-order chi connectivity index (χ0) is 14.0. The van der Waals surface area contributed by atoms with Crippen molar-refractivity contribution >= 4 is 11.4 Å². The Morgan fingerprint density at radius 1 is 1.32 bits per heavy atom. The molecule has 0 unspecified atom stereocenters. The molecule has 1 fully saturated rings. The molecular weight excluding hydrogens is 245 g/mol. The van der Waals surface area contributed by atoms with E-state index in [1.165, 1.54) is 6.07 Å². The molecule has 2 rings (SSSR count). The molecule has 0 spiro atoms. The Labute approximate surface area is 113 Å². The third-order valence-corrected chi connectivity index (χ3v) is 3.83. The van der Waals surface area contributed by atoms with Gasteiger partial charge in [0.1, 0.15) is 11.6 Å². The number of piperidine rings is 1. The number of nitrogens with two attached hydrogens (primary N) is 1. The van der Waals surface area contributed by atoms with Gasteiger partial charge in [-0.1, -0.05) is 0 Å². The minimum atomic E-state index is -0.276. The monoisotopic (exact) mass is 267 g/mol. The van der Waals surface area contributed by atoms with E-state index in [2.05, 4.69) is 23.9 Å². The summed E-state index contributed by atoms with van der Waals surface area (Å²) in [6, 6.07) is 3.61. The first-order valence-corrected chi connectivity index (χ1v) is 6.57. The van der Waals surface area contributed by atoms with Crippen LogP contribution >= 0.6 is 0 Å². The molecule has 106 valence electrons. The average Bonchev–Trinajstić information content (AvgIpc) is 2.39. The second-order valence-corrected chi connectivity index (χ2v) is 5.23. The van der Waals surface area contributed by atoms with Crippen molar-refractivity contribution in [2.24, 2.45) is 0 Å². The van der Waals surface area contributed by atoms with E-state index in [0.29, 0.717) is 23.2 Å². The molecular formula is C14H22FN3O. The van der Waals surface area contributed by atoms with E-state index in [4.69, 9.17) is 10.5 Å². The minimum Gasteiger partial charge on any atom is -0.495 e. The molecule has 1 aliphatic heterocycles. The number of benzene rings is 1. The largest absolute Gasteiger partial charge is 0.495 e. The lowest BCUT2D eigenvalue weighted by Gasteiger charge is -2.36. The molecule has 1 aliphatic rings. The molecule has 1 aromatic carbocycles. The van der Waals surface area contributed by atoms with E-state index < -0.39 is 0 Å². The molecule has 0 aliphatic carbocycles. The van der Waals surface area contributed by atoms with Crippen LogP contribution in [-0.2, 0) is 0 Å². The van der Waals surface area contributed by atoms with Crippen molar-refractivity contribution in [2.45, 2.75) is 18.9 Å². The molecule has 5 heteroatoms. The highest BCUT2D eigenvalue weighted by Gasteiger charge is 2.23. The van der Waals surface area contributed by atoms with Gasteiger partial charge in [-0.25, -0.2) is 4.39 Å². The Balaban J connectivity index is 2.15. The van der Waals surface area contributed by atoms with Crippen LogP contribution in [0, 0.1) is 5.82 Å². The van der Waals surface area contributed by atoms with Crippen LogP contribution in [0.1, 0.15) is 12.8 Å². The van der Waals surface area contributed by atoms with Crippen molar-refractivity contribution in [1.29, 1.82) is 0 Å². The topological polar surface area (TPSA) is 41.7 Å². The van der Waals surface area contributed by atoms with Gasteiger partial charge < -0.3 is 20.3 Å². The van der Waals surface area contributed by atoms with Crippen LogP contribution in [0.3, 0.4) is 0 Å². The van der Waals surface area contributed by atoms with Crippen LogP contribution in [-0.4, -0.2) is 45.2 Å². The molecule has 1 heterocycles. The van der Waals surface area contributed by atoms with Gasteiger partial charge in [0, 0.05) is 31.3 Å². The number of hydrogen-bond donors (Lipinski definition) is 1. The van der Waals surface area contributed by atoms with Crippen molar-refractivity contribution in [2.75, 3.05) is 44.9 Å². The molecule has 0 aromatic heterocycles. The van der Waals surface area contributed by atoms with Gasteiger partial charge in [-0.2, -0.15) is 0 Å². The minimum absolute atomic E-state index is 0.276. The summed E-state index contributed by atoms with van der Waals surface area (Å²) in [6.07, 6.45) is 2.08. The predicted molar refractivity (Wildman–Crippen MR) is 76.3 cm³/mol. The summed E-state index contributed by atoms with van der Waals surface area (Å²) >= 11 is 0. The number of anilines is 2. The van der Waals surface area contributed by atoms with Crippen LogP contribution in [0.25, 0.3) is 0 Å². The SMILES string of the molecule is COc1cc(N2CCC(N(C)C)CC2)c(F)cc1N. The third-order valence-electron chi connectivity index (χ3n) is 3.83. The molecule has 0 saturated carbocycles. The fourth-order valence-corrected chi connectivity index (χ4v) is 2.60. The summed E-state index contributed by atoms with van der Waals surface area (Å²) in [5.74, 6) is 0.257. The third kappa shape index (κ3) is 2.92. The number of halogens is 1. The molecule has 2 N–H and O–H groups in total. The van der Waals surface area contributed by atoms with Crippen LogP contribution < -0.4 is 15.4 Å². The van der Waals surface area contributed by atoms with Crippen LogP contribution in [0.5, 0.6) is 5.75 Å². The maximum absolute atomic E-state index is 14.0. The van der Waals surface area contributed by atoms with Crippen LogP contribution in [0.15, 0.2) is 12.1 Å². The second-order valence-electron chi connectivity index (χ2n) is 5.23. The van der Waals surface area contributed by atoms with E-state index in [-0.39, 0.29) is 5.82 Å². The number of nitrogen functional groups attached to an aromatic ring is 1. The van der Waals surface area contributed by atoms with Crippen molar-refractivity contribution in [3.63, 3.8) is 0 Å². The number of rotatable bonds is 3.